The molecule has 0 saturated heterocycles. The summed E-state index contributed by atoms with van der Waals surface area (Å²) < 4.78 is 6.03. The van der Waals surface area contributed by atoms with E-state index in [2.05, 4.69) is 30.4 Å². The van der Waals surface area contributed by atoms with Crippen LogP contribution >= 0.6 is 0 Å². The number of hydrogen-bond acceptors (Lipinski definition) is 3. The van der Waals surface area contributed by atoms with Crippen molar-refractivity contribution >= 4 is 0 Å². The molecule has 0 bridgehead atoms. The lowest BCUT2D eigenvalue weighted by molar-refractivity contribution is 0.0603. The number of rotatable bonds is 5. The average Bonchev–Trinajstić information content (AvgIpc) is 2.90. The van der Waals surface area contributed by atoms with Crippen LogP contribution in [0.25, 0.3) is 0 Å². The minimum Gasteiger partial charge on any atom is -0.488 e. The minimum absolute atomic E-state index is 0.0197. The molecule has 3 atom stereocenters. The standard InChI is InChI=1S/C18H27NO2/c1-2-11-19-16-6-3-5-13-9-10-14(12-15(13)16)21-18-8-4-7-17(18)20/h9-10,12,16-20H,2-8,11H2,1H3. The zero-order chi connectivity index (χ0) is 14.7. The summed E-state index contributed by atoms with van der Waals surface area (Å²) in [6.45, 7) is 3.27. The van der Waals surface area contributed by atoms with Crippen LogP contribution in [0.2, 0.25) is 0 Å². The molecule has 1 saturated carbocycles. The first kappa shape index (κ1) is 14.9. The van der Waals surface area contributed by atoms with Crippen LogP contribution in [-0.2, 0) is 6.42 Å². The molecule has 3 unspecified atom stereocenters. The molecule has 2 aliphatic rings. The normalized spacial score (nSPS) is 28.4. The molecule has 1 aromatic rings. The van der Waals surface area contributed by atoms with E-state index in [1.54, 1.807) is 0 Å². The lowest BCUT2D eigenvalue weighted by Crippen LogP contribution is -2.27. The average molecular weight is 289 g/mol. The molecule has 0 aromatic heterocycles. The van der Waals surface area contributed by atoms with Crippen molar-refractivity contribution in [3.05, 3.63) is 29.3 Å². The smallest absolute Gasteiger partial charge is 0.124 e. The van der Waals surface area contributed by atoms with E-state index >= 15 is 0 Å². The van der Waals surface area contributed by atoms with Gasteiger partial charge in [-0.2, -0.15) is 0 Å². The number of aliphatic hydroxyl groups excluding tert-OH is 1. The molecular weight excluding hydrogens is 262 g/mol. The van der Waals surface area contributed by atoms with Gasteiger partial charge in [0.2, 0.25) is 0 Å². The van der Waals surface area contributed by atoms with Gasteiger partial charge in [0, 0.05) is 6.04 Å². The van der Waals surface area contributed by atoms with Gasteiger partial charge in [-0.05, 0) is 74.8 Å². The lowest BCUT2D eigenvalue weighted by atomic mass is 9.87. The van der Waals surface area contributed by atoms with E-state index in [-0.39, 0.29) is 12.2 Å². The maximum Gasteiger partial charge on any atom is 0.124 e. The summed E-state index contributed by atoms with van der Waals surface area (Å²) in [4.78, 5) is 0. The summed E-state index contributed by atoms with van der Waals surface area (Å²) >= 11 is 0. The second kappa shape index (κ2) is 6.80. The summed E-state index contributed by atoms with van der Waals surface area (Å²) in [5.41, 5.74) is 2.86. The highest BCUT2D eigenvalue weighted by Gasteiger charge is 2.27. The van der Waals surface area contributed by atoms with Crippen LogP contribution in [0, 0.1) is 0 Å². The maximum absolute atomic E-state index is 9.92. The van der Waals surface area contributed by atoms with Crippen LogP contribution in [0.1, 0.15) is 62.6 Å². The van der Waals surface area contributed by atoms with Crippen LogP contribution in [0.15, 0.2) is 18.2 Å². The highest BCUT2D eigenvalue weighted by molar-refractivity contribution is 5.39. The fraction of sp³-hybridized carbons (Fsp3) is 0.667. The van der Waals surface area contributed by atoms with E-state index < -0.39 is 0 Å². The van der Waals surface area contributed by atoms with Crippen LogP contribution in [0.3, 0.4) is 0 Å². The second-order valence-electron chi connectivity index (χ2n) is 6.41. The Bertz CT molecular complexity index is 474. The first-order valence-electron chi connectivity index (χ1n) is 8.49. The zero-order valence-electron chi connectivity index (χ0n) is 13.0. The third-order valence-corrected chi connectivity index (χ3v) is 4.78. The van der Waals surface area contributed by atoms with E-state index in [4.69, 9.17) is 4.74 Å². The minimum atomic E-state index is -0.296. The van der Waals surface area contributed by atoms with Gasteiger partial charge in [0.15, 0.2) is 0 Å². The molecule has 0 amide bonds. The first-order valence-corrected chi connectivity index (χ1v) is 8.49. The monoisotopic (exact) mass is 289 g/mol. The topological polar surface area (TPSA) is 41.5 Å². The Morgan fingerprint density at radius 2 is 2.14 bits per heavy atom. The van der Waals surface area contributed by atoms with E-state index in [9.17, 15) is 5.11 Å². The van der Waals surface area contributed by atoms with Gasteiger partial charge in [0.25, 0.3) is 0 Å². The predicted molar refractivity (Wildman–Crippen MR) is 84.7 cm³/mol. The van der Waals surface area contributed by atoms with Crippen LogP contribution < -0.4 is 10.1 Å². The molecule has 2 aliphatic carbocycles. The van der Waals surface area contributed by atoms with Crippen molar-refractivity contribution in [3.8, 4) is 5.75 Å². The molecule has 116 valence electrons. The van der Waals surface area contributed by atoms with Crippen molar-refractivity contribution in [3.63, 3.8) is 0 Å². The Morgan fingerprint density at radius 1 is 1.24 bits per heavy atom. The van der Waals surface area contributed by atoms with Crippen LogP contribution in [-0.4, -0.2) is 23.9 Å². The number of hydrogen-bond donors (Lipinski definition) is 2. The molecule has 0 radical (unpaired) electrons. The SMILES string of the molecule is CCCNC1CCCc2ccc(OC3CCCC3O)cc21. The number of aliphatic hydroxyl groups is 1. The van der Waals surface area contributed by atoms with Crippen molar-refractivity contribution in [1.82, 2.24) is 5.32 Å². The fourth-order valence-corrected chi connectivity index (χ4v) is 3.60. The Balaban J connectivity index is 1.75. The predicted octanol–water partition coefficient (Wildman–Crippen LogP) is 3.36. The Morgan fingerprint density at radius 3 is 2.90 bits per heavy atom. The Kier molecular flexibility index (Phi) is 4.81. The third-order valence-electron chi connectivity index (χ3n) is 4.78. The number of fused-ring (bicyclic) bond motifs is 1. The quantitative estimate of drug-likeness (QED) is 0.873. The van der Waals surface area contributed by atoms with Gasteiger partial charge in [-0.15, -0.1) is 0 Å². The molecule has 2 N–H and O–H groups in total. The van der Waals surface area contributed by atoms with Crippen molar-refractivity contribution in [1.29, 1.82) is 0 Å². The molecule has 3 rings (SSSR count). The van der Waals surface area contributed by atoms with Gasteiger partial charge in [-0.3, -0.25) is 0 Å². The first-order chi connectivity index (χ1) is 10.3. The van der Waals surface area contributed by atoms with Gasteiger partial charge in [-0.25, -0.2) is 0 Å². The molecule has 1 fully saturated rings. The van der Waals surface area contributed by atoms with Crippen LogP contribution in [0.5, 0.6) is 5.75 Å². The number of ether oxygens (including phenoxy) is 1. The molecule has 3 heteroatoms. The highest BCUT2D eigenvalue weighted by Crippen LogP contribution is 2.33. The van der Waals surface area contributed by atoms with Crippen LogP contribution in [0.4, 0.5) is 0 Å². The molecule has 0 heterocycles. The van der Waals surface area contributed by atoms with Crippen molar-refractivity contribution in [2.75, 3.05) is 6.54 Å². The van der Waals surface area contributed by atoms with Crippen molar-refractivity contribution < 1.29 is 9.84 Å². The lowest BCUT2D eigenvalue weighted by Gasteiger charge is -2.27. The molecule has 0 spiro atoms. The Hall–Kier alpha value is -1.06. The molecule has 3 nitrogen and oxygen atoms in total. The van der Waals surface area contributed by atoms with Crippen molar-refractivity contribution in [2.45, 2.75) is 70.1 Å². The van der Waals surface area contributed by atoms with E-state index in [0.29, 0.717) is 6.04 Å². The summed E-state index contributed by atoms with van der Waals surface area (Å²) in [7, 11) is 0. The van der Waals surface area contributed by atoms with Gasteiger partial charge in [0.05, 0.1) is 6.10 Å². The number of benzene rings is 1. The van der Waals surface area contributed by atoms with Gasteiger partial charge in [0.1, 0.15) is 11.9 Å². The molecule has 1 aromatic carbocycles. The fourth-order valence-electron chi connectivity index (χ4n) is 3.60. The van der Waals surface area contributed by atoms with Crippen molar-refractivity contribution in [2.24, 2.45) is 0 Å². The van der Waals surface area contributed by atoms with Gasteiger partial charge >= 0.3 is 0 Å². The van der Waals surface area contributed by atoms with Gasteiger partial charge < -0.3 is 15.2 Å². The summed E-state index contributed by atoms with van der Waals surface area (Å²) in [5, 5.41) is 13.6. The number of aryl methyl sites for hydroxylation is 1. The molecule has 0 aliphatic heterocycles. The largest absolute Gasteiger partial charge is 0.488 e. The number of nitrogens with one attached hydrogen (secondary N) is 1. The summed E-state index contributed by atoms with van der Waals surface area (Å²) in [6.07, 6.45) is 7.40. The van der Waals surface area contributed by atoms with E-state index in [1.807, 2.05) is 0 Å². The highest BCUT2D eigenvalue weighted by atomic mass is 16.5. The molecule has 21 heavy (non-hydrogen) atoms. The zero-order valence-corrected chi connectivity index (χ0v) is 13.0. The van der Waals surface area contributed by atoms with E-state index in [0.717, 1.165) is 38.0 Å². The Labute approximate surface area is 127 Å². The maximum atomic E-state index is 9.92. The van der Waals surface area contributed by atoms with E-state index in [1.165, 1.54) is 30.4 Å². The second-order valence-corrected chi connectivity index (χ2v) is 6.41. The molecular formula is C18H27NO2. The third kappa shape index (κ3) is 3.41. The summed E-state index contributed by atoms with van der Waals surface area (Å²) in [6, 6.07) is 6.95. The van der Waals surface area contributed by atoms with Gasteiger partial charge in [-0.1, -0.05) is 13.0 Å². The summed E-state index contributed by atoms with van der Waals surface area (Å²) in [5.74, 6) is 0.921.